The molecule has 1 aromatic heterocycles. The van der Waals surface area contributed by atoms with Crippen LogP contribution < -0.4 is 5.32 Å². The molecule has 0 radical (unpaired) electrons. The molecule has 1 saturated carbocycles. The molecule has 3 nitrogen and oxygen atoms in total. The maximum atomic E-state index is 4.05. The van der Waals surface area contributed by atoms with E-state index in [2.05, 4.69) is 62.6 Å². The van der Waals surface area contributed by atoms with Gasteiger partial charge in [0.25, 0.3) is 0 Å². The van der Waals surface area contributed by atoms with Crippen LogP contribution in [0, 0.1) is 6.92 Å². The van der Waals surface area contributed by atoms with Crippen molar-refractivity contribution in [1.29, 1.82) is 0 Å². The Hall–Kier alpha value is -1.13. The van der Waals surface area contributed by atoms with Crippen LogP contribution in [-0.2, 0) is 6.54 Å². The Morgan fingerprint density at radius 3 is 2.84 bits per heavy atom. The Morgan fingerprint density at radius 2 is 2.16 bits per heavy atom. The molecule has 0 unspecified atom stereocenters. The molecule has 0 spiro atoms. The summed E-state index contributed by atoms with van der Waals surface area (Å²) in [5.41, 5.74) is 3.87. The third-order valence-corrected chi connectivity index (χ3v) is 4.72. The zero-order chi connectivity index (χ0) is 13.2. The van der Waals surface area contributed by atoms with Crippen molar-refractivity contribution in [2.45, 2.75) is 38.3 Å². The van der Waals surface area contributed by atoms with E-state index < -0.39 is 0 Å². The molecule has 2 N–H and O–H groups in total. The molecule has 1 aliphatic rings. The van der Waals surface area contributed by atoms with E-state index in [-0.39, 0.29) is 0 Å². The van der Waals surface area contributed by atoms with Crippen LogP contribution in [0.1, 0.15) is 35.6 Å². The van der Waals surface area contributed by atoms with E-state index in [0.29, 0.717) is 12.0 Å². The van der Waals surface area contributed by atoms with E-state index in [4.69, 9.17) is 0 Å². The van der Waals surface area contributed by atoms with Crippen LogP contribution in [-0.4, -0.2) is 16.2 Å². The van der Waals surface area contributed by atoms with Crippen molar-refractivity contribution in [3.8, 4) is 0 Å². The summed E-state index contributed by atoms with van der Waals surface area (Å²) < 4.78 is 1.24. The van der Waals surface area contributed by atoms with Crippen molar-refractivity contribution in [2.24, 2.45) is 0 Å². The Balaban J connectivity index is 1.51. The minimum Gasteiger partial charge on any atom is -0.310 e. The SMILES string of the molecule is Cc1[nH]ncc1CNC1CC(c2ccccc2Br)C1. The molecule has 100 valence electrons. The molecular formula is C15H18BrN3. The minimum absolute atomic E-state index is 0.631. The molecule has 1 aliphatic carbocycles. The lowest BCUT2D eigenvalue weighted by Crippen LogP contribution is -2.39. The second kappa shape index (κ2) is 5.47. The van der Waals surface area contributed by atoms with Crippen molar-refractivity contribution in [2.75, 3.05) is 0 Å². The number of aromatic nitrogens is 2. The van der Waals surface area contributed by atoms with Crippen LogP contribution in [0.15, 0.2) is 34.9 Å². The number of aromatic amines is 1. The Labute approximate surface area is 121 Å². The number of nitrogens with one attached hydrogen (secondary N) is 2. The van der Waals surface area contributed by atoms with Crippen LogP contribution >= 0.6 is 15.9 Å². The third-order valence-electron chi connectivity index (χ3n) is 4.00. The van der Waals surface area contributed by atoms with Gasteiger partial charge < -0.3 is 5.32 Å². The lowest BCUT2D eigenvalue weighted by molar-refractivity contribution is 0.289. The highest BCUT2D eigenvalue weighted by atomic mass is 79.9. The van der Waals surface area contributed by atoms with Gasteiger partial charge in [0.15, 0.2) is 0 Å². The Kier molecular flexibility index (Phi) is 3.71. The largest absolute Gasteiger partial charge is 0.310 e. The number of aryl methyl sites for hydroxylation is 1. The van der Waals surface area contributed by atoms with Crippen molar-refractivity contribution in [3.63, 3.8) is 0 Å². The van der Waals surface area contributed by atoms with E-state index in [1.165, 1.54) is 28.4 Å². The highest BCUT2D eigenvalue weighted by Gasteiger charge is 2.30. The molecule has 1 aromatic carbocycles. The van der Waals surface area contributed by atoms with Gasteiger partial charge in [-0.25, -0.2) is 0 Å². The van der Waals surface area contributed by atoms with E-state index in [1.807, 2.05) is 6.20 Å². The van der Waals surface area contributed by atoms with Crippen LogP contribution in [0.5, 0.6) is 0 Å². The third kappa shape index (κ3) is 2.74. The first-order valence-electron chi connectivity index (χ1n) is 6.70. The summed E-state index contributed by atoms with van der Waals surface area (Å²) in [6.07, 6.45) is 4.35. The van der Waals surface area contributed by atoms with Gasteiger partial charge in [0, 0.05) is 28.3 Å². The van der Waals surface area contributed by atoms with Crippen LogP contribution in [0.2, 0.25) is 0 Å². The summed E-state index contributed by atoms with van der Waals surface area (Å²) in [7, 11) is 0. The first kappa shape index (κ1) is 12.9. The van der Waals surface area contributed by atoms with Gasteiger partial charge in [0.1, 0.15) is 0 Å². The highest BCUT2D eigenvalue weighted by Crippen LogP contribution is 2.40. The van der Waals surface area contributed by atoms with Crippen LogP contribution in [0.4, 0.5) is 0 Å². The summed E-state index contributed by atoms with van der Waals surface area (Å²) in [5.74, 6) is 0.693. The maximum Gasteiger partial charge on any atom is 0.0535 e. The molecule has 19 heavy (non-hydrogen) atoms. The summed E-state index contributed by atoms with van der Waals surface area (Å²) in [4.78, 5) is 0. The molecule has 0 saturated heterocycles. The fourth-order valence-corrected chi connectivity index (χ4v) is 3.26. The molecule has 1 fully saturated rings. The van der Waals surface area contributed by atoms with Gasteiger partial charge in [-0.2, -0.15) is 5.10 Å². The fourth-order valence-electron chi connectivity index (χ4n) is 2.65. The lowest BCUT2D eigenvalue weighted by Gasteiger charge is -2.37. The monoisotopic (exact) mass is 319 g/mol. The van der Waals surface area contributed by atoms with E-state index in [0.717, 1.165) is 12.2 Å². The Morgan fingerprint density at radius 1 is 1.37 bits per heavy atom. The van der Waals surface area contributed by atoms with Gasteiger partial charge in [0.2, 0.25) is 0 Å². The van der Waals surface area contributed by atoms with Crippen LogP contribution in [0.3, 0.4) is 0 Å². The fraction of sp³-hybridized carbons (Fsp3) is 0.400. The first-order valence-corrected chi connectivity index (χ1v) is 7.50. The standard InChI is InChI=1S/C15H18BrN3/c1-10-12(9-18-19-10)8-17-13-6-11(7-13)14-4-2-3-5-15(14)16/h2-5,9,11,13,17H,6-8H2,1H3,(H,18,19). The molecule has 0 bridgehead atoms. The zero-order valence-electron chi connectivity index (χ0n) is 11.0. The average Bonchev–Trinajstić information content (AvgIpc) is 2.75. The molecule has 3 rings (SSSR count). The first-order chi connectivity index (χ1) is 9.24. The maximum absolute atomic E-state index is 4.05. The second-order valence-corrected chi connectivity index (χ2v) is 6.14. The predicted molar refractivity (Wildman–Crippen MR) is 80.1 cm³/mol. The number of rotatable bonds is 4. The van der Waals surface area contributed by atoms with Gasteiger partial charge in [-0.05, 0) is 37.3 Å². The van der Waals surface area contributed by atoms with Crippen molar-refractivity contribution in [1.82, 2.24) is 15.5 Å². The number of hydrogen-bond donors (Lipinski definition) is 2. The lowest BCUT2D eigenvalue weighted by atomic mass is 9.76. The normalized spacial score (nSPS) is 22.2. The molecular weight excluding hydrogens is 302 g/mol. The van der Waals surface area contributed by atoms with E-state index in [1.54, 1.807) is 0 Å². The summed E-state index contributed by atoms with van der Waals surface area (Å²) in [5, 5.41) is 10.6. The quantitative estimate of drug-likeness (QED) is 0.905. The number of halogens is 1. The number of nitrogens with zero attached hydrogens (tertiary/aromatic N) is 1. The van der Waals surface area contributed by atoms with Crippen molar-refractivity contribution in [3.05, 3.63) is 51.8 Å². The van der Waals surface area contributed by atoms with Gasteiger partial charge >= 0.3 is 0 Å². The number of H-pyrrole nitrogens is 1. The van der Waals surface area contributed by atoms with E-state index >= 15 is 0 Å². The van der Waals surface area contributed by atoms with Gasteiger partial charge in [0.05, 0.1) is 6.20 Å². The van der Waals surface area contributed by atoms with Gasteiger partial charge in [-0.3, -0.25) is 5.10 Å². The molecule has 4 heteroatoms. The van der Waals surface area contributed by atoms with E-state index in [9.17, 15) is 0 Å². The van der Waals surface area contributed by atoms with Crippen molar-refractivity contribution < 1.29 is 0 Å². The Bertz CT molecular complexity index is 558. The van der Waals surface area contributed by atoms with Crippen molar-refractivity contribution >= 4 is 15.9 Å². The van der Waals surface area contributed by atoms with Gasteiger partial charge in [-0.1, -0.05) is 34.1 Å². The highest BCUT2D eigenvalue weighted by molar-refractivity contribution is 9.10. The summed E-state index contributed by atoms with van der Waals surface area (Å²) in [6.45, 7) is 2.98. The molecule has 0 aliphatic heterocycles. The smallest absolute Gasteiger partial charge is 0.0535 e. The topological polar surface area (TPSA) is 40.7 Å². The molecule has 2 aromatic rings. The van der Waals surface area contributed by atoms with Crippen LogP contribution in [0.25, 0.3) is 0 Å². The number of hydrogen-bond acceptors (Lipinski definition) is 2. The second-order valence-electron chi connectivity index (χ2n) is 5.29. The zero-order valence-corrected chi connectivity index (χ0v) is 12.6. The predicted octanol–water partition coefficient (Wildman–Crippen LogP) is 3.52. The summed E-state index contributed by atoms with van der Waals surface area (Å²) >= 11 is 3.64. The number of benzene rings is 1. The average molecular weight is 320 g/mol. The molecule has 0 atom stereocenters. The summed E-state index contributed by atoms with van der Waals surface area (Å²) in [6, 6.07) is 9.18. The molecule has 1 heterocycles. The molecule has 0 amide bonds. The van der Waals surface area contributed by atoms with Gasteiger partial charge in [-0.15, -0.1) is 0 Å². The minimum atomic E-state index is 0.631.